The van der Waals surface area contributed by atoms with Crippen molar-refractivity contribution in [2.75, 3.05) is 6.61 Å². The molecular formula is C14H19NO6. The van der Waals surface area contributed by atoms with Crippen LogP contribution in [0, 0.1) is 0 Å². The first-order valence-corrected chi connectivity index (χ1v) is 6.64. The molecule has 0 saturated carbocycles. The molecule has 0 aromatic heterocycles. The van der Waals surface area contributed by atoms with Gasteiger partial charge in [0.2, 0.25) is 0 Å². The molecule has 1 aliphatic rings. The summed E-state index contributed by atoms with van der Waals surface area (Å²) in [5, 5.41) is 31.7. The second-order valence-electron chi connectivity index (χ2n) is 4.88. The number of carbonyl (C=O) groups excluding carboxylic acids is 1. The molecule has 21 heavy (non-hydrogen) atoms. The van der Waals surface area contributed by atoms with Crippen LogP contribution < -0.4 is 10.1 Å². The molecule has 1 aliphatic heterocycles. The number of para-hydroxylation sites is 1. The van der Waals surface area contributed by atoms with Crippen LogP contribution in [-0.4, -0.2) is 52.4 Å². The zero-order chi connectivity index (χ0) is 15.4. The third-order valence-electron chi connectivity index (χ3n) is 3.22. The van der Waals surface area contributed by atoms with E-state index >= 15 is 0 Å². The van der Waals surface area contributed by atoms with Crippen molar-refractivity contribution in [1.82, 2.24) is 5.32 Å². The lowest BCUT2D eigenvalue weighted by atomic mass is 10.0. The Bertz CT molecular complexity index is 494. The zero-order valence-corrected chi connectivity index (χ0v) is 11.6. The SMILES string of the molecule is CC(=O)Oc1ccccc1CNC1OC[C@@H](O)[C@@H](O)[C@@H]1O. The number of benzene rings is 1. The molecule has 1 fully saturated rings. The summed E-state index contributed by atoms with van der Waals surface area (Å²) in [5.74, 6) is -0.00155. The molecule has 0 amide bonds. The van der Waals surface area contributed by atoms with Gasteiger partial charge in [0.25, 0.3) is 0 Å². The second kappa shape index (κ2) is 6.97. The van der Waals surface area contributed by atoms with Crippen molar-refractivity contribution in [2.24, 2.45) is 0 Å². The van der Waals surface area contributed by atoms with E-state index in [1.54, 1.807) is 24.3 Å². The lowest BCUT2D eigenvalue weighted by Gasteiger charge is -2.35. The number of aliphatic hydroxyl groups excluding tert-OH is 3. The minimum absolute atomic E-state index is 0.0680. The Labute approximate surface area is 122 Å². The second-order valence-corrected chi connectivity index (χ2v) is 4.88. The van der Waals surface area contributed by atoms with Crippen molar-refractivity contribution >= 4 is 5.97 Å². The Hall–Kier alpha value is -1.51. The van der Waals surface area contributed by atoms with Crippen LogP contribution in [0.25, 0.3) is 0 Å². The summed E-state index contributed by atoms with van der Waals surface area (Å²) in [4.78, 5) is 11.0. The summed E-state index contributed by atoms with van der Waals surface area (Å²) in [6.07, 6.45) is -4.42. The largest absolute Gasteiger partial charge is 0.426 e. The van der Waals surface area contributed by atoms with Gasteiger partial charge in [0.1, 0.15) is 30.3 Å². The van der Waals surface area contributed by atoms with Gasteiger partial charge in [-0.25, -0.2) is 0 Å². The average molecular weight is 297 g/mol. The average Bonchev–Trinajstić information content (AvgIpc) is 2.45. The molecule has 1 saturated heterocycles. The maximum Gasteiger partial charge on any atom is 0.308 e. The van der Waals surface area contributed by atoms with E-state index in [0.717, 1.165) is 0 Å². The molecule has 0 aliphatic carbocycles. The van der Waals surface area contributed by atoms with Gasteiger partial charge in [-0.3, -0.25) is 10.1 Å². The maximum atomic E-state index is 11.0. The number of carbonyl (C=O) groups is 1. The number of aliphatic hydroxyl groups is 3. The van der Waals surface area contributed by atoms with Crippen LogP contribution in [0.2, 0.25) is 0 Å². The minimum Gasteiger partial charge on any atom is -0.426 e. The standard InChI is InChI=1S/C14H19NO6/c1-8(16)21-11-5-3-2-4-9(11)6-15-14-13(19)12(18)10(17)7-20-14/h2-5,10,12-15,17-19H,6-7H2,1H3/t10-,12-,13+,14?/m1/s1. The number of esters is 1. The van der Waals surface area contributed by atoms with E-state index in [1.165, 1.54) is 6.92 Å². The number of hydrogen-bond donors (Lipinski definition) is 4. The van der Waals surface area contributed by atoms with E-state index in [4.69, 9.17) is 9.47 Å². The van der Waals surface area contributed by atoms with Crippen LogP contribution in [-0.2, 0) is 16.1 Å². The van der Waals surface area contributed by atoms with E-state index in [0.29, 0.717) is 11.3 Å². The van der Waals surface area contributed by atoms with Gasteiger partial charge in [0.05, 0.1) is 6.61 Å². The Morgan fingerprint density at radius 2 is 2.05 bits per heavy atom. The summed E-state index contributed by atoms with van der Waals surface area (Å²) in [6, 6.07) is 6.97. The molecule has 116 valence electrons. The normalized spacial score (nSPS) is 29.1. The molecule has 2 rings (SSSR count). The molecule has 4 N–H and O–H groups in total. The number of hydrogen-bond acceptors (Lipinski definition) is 7. The first kappa shape index (κ1) is 15.9. The fourth-order valence-corrected chi connectivity index (χ4v) is 2.10. The summed E-state index contributed by atoms with van der Waals surface area (Å²) < 4.78 is 10.3. The van der Waals surface area contributed by atoms with Crippen LogP contribution in [0.5, 0.6) is 5.75 Å². The Kier molecular flexibility index (Phi) is 5.27. The van der Waals surface area contributed by atoms with E-state index < -0.39 is 30.5 Å². The van der Waals surface area contributed by atoms with E-state index in [9.17, 15) is 20.1 Å². The number of rotatable bonds is 4. The molecule has 1 heterocycles. The zero-order valence-electron chi connectivity index (χ0n) is 11.6. The predicted octanol–water partition coefficient (Wildman–Crippen LogP) is -0.860. The quantitative estimate of drug-likeness (QED) is 0.423. The third kappa shape index (κ3) is 3.99. The van der Waals surface area contributed by atoms with Gasteiger partial charge in [-0.15, -0.1) is 0 Å². The van der Waals surface area contributed by atoms with Crippen LogP contribution >= 0.6 is 0 Å². The van der Waals surface area contributed by atoms with Crippen LogP contribution in [0.4, 0.5) is 0 Å². The van der Waals surface area contributed by atoms with Gasteiger partial charge in [-0.2, -0.15) is 0 Å². The Morgan fingerprint density at radius 3 is 2.76 bits per heavy atom. The monoisotopic (exact) mass is 297 g/mol. The van der Waals surface area contributed by atoms with Crippen LogP contribution in [0.15, 0.2) is 24.3 Å². The fourth-order valence-electron chi connectivity index (χ4n) is 2.10. The molecular weight excluding hydrogens is 278 g/mol. The molecule has 0 bridgehead atoms. The van der Waals surface area contributed by atoms with E-state index in [2.05, 4.69) is 5.32 Å². The summed E-state index contributed by atoms with van der Waals surface area (Å²) in [6.45, 7) is 1.52. The van der Waals surface area contributed by atoms with E-state index in [-0.39, 0.29) is 13.2 Å². The van der Waals surface area contributed by atoms with E-state index in [1.807, 2.05) is 0 Å². The van der Waals surface area contributed by atoms with Gasteiger partial charge in [0.15, 0.2) is 0 Å². The van der Waals surface area contributed by atoms with Gasteiger partial charge in [0, 0.05) is 19.0 Å². The number of ether oxygens (including phenoxy) is 2. The lowest BCUT2D eigenvalue weighted by molar-refractivity contribution is -0.195. The van der Waals surface area contributed by atoms with Gasteiger partial charge in [-0.1, -0.05) is 18.2 Å². The van der Waals surface area contributed by atoms with Crippen molar-refractivity contribution in [3.8, 4) is 5.75 Å². The summed E-state index contributed by atoms with van der Waals surface area (Å²) in [7, 11) is 0. The Morgan fingerprint density at radius 1 is 1.33 bits per heavy atom. The highest BCUT2D eigenvalue weighted by Gasteiger charge is 2.37. The van der Waals surface area contributed by atoms with Crippen molar-refractivity contribution in [2.45, 2.75) is 38.0 Å². The molecule has 7 heteroatoms. The molecule has 4 atom stereocenters. The van der Waals surface area contributed by atoms with Gasteiger partial charge < -0.3 is 24.8 Å². The van der Waals surface area contributed by atoms with Gasteiger partial charge in [-0.05, 0) is 6.07 Å². The summed E-state index contributed by atoms with van der Waals surface area (Å²) >= 11 is 0. The molecule has 1 aromatic rings. The highest BCUT2D eigenvalue weighted by atomic mass is 16.5. The highest BCUT2D eigenvalue weighted by molar-refractivity contribution is 5.69. The summed E-state index contributed by atoms with van der Waals surface area (Å²) in [5.41, 5.74) is 0.712. The predicted molar refractivity (Wildman–Crippen MR) is 72.4 cm³/mol. The van der Waals surface area contributed by atoms with Crippen molar-refractivity contribution in [3.63, 3.8) is 0 Å². The maximum absolute atomic E-state index is 11.0. The molecule has 7 nitrogen and oxygen atoms in total. The third-order valence-corrected chi connectivity index (χ3v) is 3.22. The number of nitrogens with one attached hydrogen (secondary N) is 1. The lowest BCUT2D eigenvalue weighted by Crippen LogP contribution is -2.57. The van der Waals surface area contributed by atoms with Crippen molar-refractivity contribution < 1.29 is 29.6 Å². The van der Waals surface area contributed by atoms with Crippen molar-refractivity contribution in [1.29, 1.82) is 0 Å². The molecule has 1 unspecified atom stereocenters. The first-order valence-electron chi connectivity index (χ1n) is 6.64. The minimum atomic E-state index is -1.26. The first-order chi connectivity index (χ1) is 9.99. The molecule has 0 spiro atoms. The topological polar surface area (TPSA) is 108 Å². The fraction of sp³-hybridized carbons (Fsp3) is 0.500. The van der Waals surface area contributed by atoms with Crippen LogP contribution in [0.1, 0.15) is 12.5 Å². The Balaban J connectivity index is 1.98. The van der Waals surface area contributed by atoms with Gasteiger partial charge >= 0.3 is 5.97 Å². The highest BCUT2D eigenvalue weighted by Crippen LogP contribution is 2.19. The van der Waals surface area contributed by atoms with Crippen molar-refractivity contribution in [3.05, 3.63) is 29.8 Å². The molecule has 1 aromatic carbocycles. The van der Waals surface area contributed by atoms with Crippen LogP contribution in [0.3, 0.4) is 0 Å². The molecule has 0 radical (unpaired) electrons. The smallest absolute Gasteiger partial charge is 0.308 e.